The zero-order chi connectivity index (χ0) is 12.1. The van der Waals surface area contributed by atoms with E-state index in [1.807, 2.05) is 4.68 Å². The molecule has 1 heterocycles. The monoisotopic (exact) mass is 236 g/mol. The number of nitrogens with zero attached hydrogens (tertiary/aromatic N) is 3. The molecule has 1 fully saturated rings. The van der Waals surface area contributed by atoms with Crippen molar-refractivity contribution in [3.63, 3.8) is 0 Å². The molecule has 1 saturated carbocycles. The fraction of sp³-hybridized carbons (Fsp3) is 0.846. The lowest BCUT2D eigenvalue weighted by molar-refractivity contribution is 0.429. The molecule has 96 valence electrons. The average molecular weight is 236 g/mol. The van der Waals surface area contributed by atoms with Gasteiger partial charge in [0.05, 0.1) is 6.54 Å². The predicted molar refractivity (Wildman–Crippen MR) is 68.7 cm³/mol. The van der Waals surface area contributed by atoms with Gasteiger partial charge in [-0.05, 0) is 26.7 Å². The van der Waals surface area contributed by atoms with Crippen molar-refractivity contribution >= 4 is 0 Å². The van der Waals surface area contributed by atoms with Crippen LogP contribution in [0.5, 0.6) is 0 Å². The van der Waals surface area contributed by atoms with E-state index in [-0.39, 0.29) is 0 Å². The van der Waals surface area contributed by atoms with Gasteiger partial charge in [0.15, 0.2) is 0 Å². The minimum atomic E-state index is 0.392. The first-order chi connectivity index (χ1) is 8.27. The molecule has 0 amide bonds. The molecular formula is C13H24N4. The van der Waals surface area contributed by atoms with Crippen LogP contribution in [0.1, 0.15) is 64.2 Å². The van der Waals surface area contributed by atoms with Crippen molar-refractivity contribution in [3.05, 3.63) is 12.2 Å². The molecule has 0 aliphatic heterocycles. The summed E-state index contributed by atoms with van der Waals surface area (Å²) in [5, 5.41) is 7.90. The van der Waals surface area contributed by atoms with Gasteiger partial charge in [0.1, 0.15) is 12.2 Å². The normalized spacial score (nSPS) is 18.5. The SMILES string of the molecule is CC(C)n1ncnc1CNC1CCCCCC1. The largest absolute Gasteiger partial charge is 0.307 e. The molecule has 0 aromatic carbocycles. The Hall–Kier alpha value is -0.900. The fourth-order valence-corrected chi connectivity index (χ4v) is 2.55. The standard InChI is InChI=1S/C13H24N4/c1-11(2)17-13(15-10-16-17)9-14-12-7-5-3-4-6-8-12/h10-12,14H,3-9H2,1-2H3. The molecule has 2 rings (SSSR count). The molecule has 0 saturated heterocycles. The summed E-state index contributed by atoms with van der Waals surface area (Å²) in [4.78, 5) is 4.33. The van der Waals surface area contributed by atoms with Crippen LogP contribution in [0.25, 0.3) is 0 Å². The molecule has 17 heavy (non-hydrogen) atoms. The topological polar surface area (TPSA) is 42.7 Å². The van der Waals surface area contributed by atoms with E-state index in [1.165, 1.54) is 38.5 Å². The van der Waals surface area contributed by atoms with Crippen LogP contribution in [0.2, 0.25) is 0 Å². The molecule has 1 aliphatic carbocycles. The first kappa shape index (κ1) is 12.6. The first-order valence-corrected chi connectivity index (χ1v) is 6.89. The van der Waals surface area contributed by atoms with Crippen LogP contribution >= 0.6 is 0 Å². The number of rotatable bonds is 4. The minimum Gasteiger partial charge on any atom is -0.307 e. The summed E-state index contributed by atoms with van der Waals surface area (Å²) >= 11 is 0. The summed E-state index contributed by atoms with van der Waals surface area (Å²) < 4.78 is 2.00. The van der Waals surface area contributed by atoms with E-state index in [2.05, 4.69) is 29.2 Å². The second-order valence-electron chi connectivity index (χ2n) is 5.28. The molecular weight excluding hydrogens is 212 g/mol. The summed E-state index contributed by atoms with van der Waals surface area (Å²) in [6.45, 7) is 5.14. The highest BCUT2D eigenvalue weighted by Crippen LogP contribution is 2.17. The Morgan fingerprint density at radius 1 is 1.29 bits per heavy atom. The lowest BCUT2D eigenvalue weighted by Crippen LogP contribution is -2.29. The van der Waals surface area contributed by atoms with Crippen LogP contribution < -0.4 is 5.32 Å². The molecule has 1 aromatic heterocycles. The van der Waals surface area contributed by atoms with Crippen molar-refractivity contribution in [2.45, 2.75) is 71.0 Å². The van der Waals surface area contributed by atoms with Gasteiger partial charge in [0.2, 0.25) is 0 Å². The van der Waals surface area contributed by atoms with Gasteiger partial charge in [-0.15, -0.1) is 0 Å². The van der Waals surface area contributed by atoms with Crippen LogP contribution in [-0.4, -0.2) is 20.8 Å². The molecule has 1 aromatic rings. The van der Waals surface area contributed by atoms with Crippen LogP contribution in [0.15, 0.2) is 6.33 Å². The van der Waals surface area contributed by atoms with E-state index in [0.717, 1.165) is 12.4 Å². The summed E-state index contributed by atoms with van der Waals surface area (Å²) in [5.41, 5.74) is 0. The Morgan fingerprint density at radius 2 is 2.00 bits per heavy atom. The zero-order valence-corrected chi connectivity index (χ0v) is 11.0. The third-order valence-electron chi connectivity index (χ3n) is 3.54. The number of nitrogens with one attached hydrogen (secondary N) is 1. The molecule has 1 aliphatic rings. The highest BCUT2D eigenvalue weighted by atomic mass is 15.4. The summed E-state index contributed by atoms with van der Waals surface area (Å²) in [7, 11) is 0. The molecule has 4 nitrogen and oxygen atoms in total. The predicted octanol–water partition coefficient (Wildman–Crippen LogP) is 2.67. The Bertz CT molecular complexity index is 324. The number of hydrogen-bond donors (Lipinski definition) is 1. The van der Waals surface area contributed by atoms with Crippen LogP contribution in [-0.2, 0) is 6.54 Å². The van der Waals surface area contributed by atoms with E-state index in [1.54, 1.807) is 6.33 Å². The second-order valence-corrected chi connectivity index (χ2v) is 5.28. The fourth-order valence-electron chi connectivity index (χ4n) is 2.55. The van der Waals surface area contributed by atoms with E-state index in [9.17, 15) is 0 Å². The molecule has 1 N–H and O–H groups in total. The third kappa shape index (κ3) is 3.53. The molecule has 0 unspecified atom stereocenters. The Labute approximate surface area is 104 Å². The summed E-state index contributed by atoms with van der Waals surface area (Å²) in [5.74, 6) is 1.06. The lowest BCUT2D eigenvalue weighted by atomic mass is 10.1. The van der Waals surface area contributed by atoms with E-state index >= 15 is 0 Å². The highest BCUT2D eigenvalue weighted by molar-refractivity contribution is 4.87. The van der Waals surface area contributed by atoms with E-state index in [4.69, 9.17) is 0 Å². The quantitative estimate of drug-likeness (QED) is 0.817. The Morgan fingerprint density at radius 3 is 2.65 bits per heavy atom. The minimum absolute atomic E-state index is 0.392. The van der Waals surface area contributed by atoms with Gasteiger partial charge in [0, 0.05) is 12.1 Å². The van der Waals surface area contributed by atoms with E-state index < -0.39 is 0 Å². The number of aromatic nitrogens is 3. The first-order valence-electron chi connectivity index (χ1n) is 6.89. The number of hydrogen-bond acceptors (Lipinski definition) is 3. The highest BCUT2D eigenvalue weighted by Gasteiger charge is 2.13. The summed E-state index contributed by atoms with van der Waals surface area (Å²) in [6.07, 6.45) is 9.83. The maximum absolute atomic E-state index is 4.33. The maximum Gasteiger partial charge on any atom is 0.141 e. The van der Waals surface area contributed by atoms with Crippen molar-refractivity contribution in [1.29, 1.82) is 0 Å². The van der Waals surface area contributed by atoms with Gasteiger partial charge < -0.3 is 5.32 Å². The van der Waals surface area contributed by atoms with Crippen LogP contribution in [0, 0.1) is 0 Å². The van der Waals surface area contributed by atoms with Crippen molar-refractivity contribution in [2.24, 2.45) is 0 Å². The summed E-state index contributed by atoms with van der Waals surface area (Å²) in [6, 6.07) is 1.07. The van der Waals surface area contributed by atoms with Crippen molar-refractivity contribution in [1.82, 2.24) is 20.1 Å². The van der Waals surface area contributed by atoms with Crippen molar-refractivity contribution in [2.75, 3.05) is 0 Å². The van der Waals surface area contributed by atoms with Crippen LogP contribution in [0.4, 0.5) is 0 Å². The van der Waals surface area contributed by atoms with Crippen molar-refractivity contribution < 1.29 is 0 Å². The average Bonchev–Trinajstić information content (AvgIpc) is 2.63. The van der Waals surface area contributed by atoms with Gasteiger partial charge in [0.25, 0.3) is 0 Å². The van der Waals surface area contributed by atoms with Gasteiger partial charge in [-0.1, -0.05) is 25.7 Å². The zero-order valence-electron chi connectivity index (χ0n) is 11.0. The second kappa shape index (κ2) is 6.15. The Kier molecular flexibility index (Phi) is 4.54. The van der Waals surface area contributed by atoms with Gasteiger partial charge in [-0.3, -0.25) is 0 Å². The van der Waals surface area contributed by atoms with Gasteiger partial charge in [-0.25, -0.2) is 9.67 Å². The lowest BCUT2D eigenvalue weighted by Gasteiger charge is -2.16. The maximum atomic E-state index is 4.33. The van der Waals surface area contributed by atoms with Gasteiger partial charge in [-0.2, -0.15) is 5.10 Å². The van der Waals surface area contributed by atoms with Crippen LogP contribution in [0.3, 0.4) is 0 Å². The molecule has 0 spiro atoms. The molecule has 0 radical (unpaired) electrons. The molecule has 0 bridgehead atoms. The smallest absolute Gasteiger partial charge is 0.141 e. The van der Waals surface area contributed by atoms with E-state index in [0.29, 0.717) is 12.1 Å². The molecule has 4 heteroatoms. The van der Waals surface area contributed by atoms with Gasteiger partial charge >= 0.3 is 0 Å². The Balaban J connectivity index is 1.86. The van der Waals surface area contributed by atoms with Crippen molar-refractivity contribution in [3.8, 4) is 0 Å². The molecule has 0 atom stereocenters. The third-order valence-corrected chi connectivity index (χ3v) is 3.54.